The maximum absolute atomic E-state index is 11.0. The fourth-order valence-corrected chi connectivity index (χ4v) is 2.81. The van der Waals surface area contributed by atoms with Crippen LogP contribution in [0.1, 0.15) is 17.5 Å². The van der Waals surface area contributed by atoms with Crippen LogP contribution in [0.3, 0.4) is 0 Å². The zero-order valence-corrected chi connectivity index (χ0v) is 12.2. The predicted octanol–water partition coefficient (Wildman–Crippen LogP) is 4.50. The molecule has 3 rings (SSSR count). The van der Waals surface area contributed by atoms with Crippen LogP contribution in [0.4, 0.5) is 0 Å². The van der Waals surface area contributed by atoms with Gasteiger partial charge in [0.2, 0.25) is 0 Å². The third-order valence-electron chi connectivity index (χ3n) is 3.84. The molecule has 1 heterocycles. The molecule has 2 aromatic carbocycles. The van der Waals surface area contributed by atoms with Crippen LogP contribution >= 0.6 is 0 Å². The Balaban J connectivity index is 2.23. The van der Waals surface area contributed by atoms with Crippen molar-refractivity contribution in [3.8, 4) is 11.3 Å². The highest BCUT2D eigenvalue weighted by Gasteiger charge is 2.15. The van der Waals surface area contributed by atoms with E-state index in [2.05, 4.69) is 11.6 Å². The Labute approximate surface area is 128 Å². The first-order chi connectivity index (χ1) is 10.7. The number of carboxylic acids is 1. The summed E-state index contributed by atoms with van der Waals surface area (Å²) in [6, 6.07) is 16.0. The quantitative estimate of drug-likeness (QED) is 0.727. The van der Waals surface area contributed by atoms with E-state index in [1.165, 1.54) is 0 Å². The molecule has 3 heteroatoms. The summed E-state index contributed by atoms with van der Waals surface area (Å²) in [7, 11) is 0. The third kappa shape index (κ3) is 2.53. The van der Waals surface area contributed by atoms with Gasteiger partial charge in [-0.3, -0.25) is 4.79 Å². The Morgan fingerprint density at radius 2 is 1.91 bits per heavy atom. The summed E-state index contributed by atoms with van der Waals surface area (Å²) in [5.41, 5.74) is 5.14. The Kier molecular flexibility index (Phi) is 3.79. The zero-order chi connectivity index (χ0) is 15.5. The van der Waals surface area contributed by atoms with Gasteiger partial charge in [-0.05, 0) is 23.1 Å². The second kappa shape index (κ2) is 5.90. The summed E-state index contributed by atoms with van der Waals surface area (Å²) < 4.78 is 0. The molecule has 0 amide bonds. The molecule has 0 fully saturated rings. The monoisotopic (exact) mass is 291 g/mol. The maximum Gasteiger partial charge on any atom is 0.303 e. The number of aromatic nitrogens is 1. The van der Waals surface area contributed by atoms with Crippen LogP contribution < -0.4 is 0 Å². The number of hydrogen-bond donors (Lipinski definition) is 2. The van der Waals surface area contributed by atoms with Crippen LogP contribution in [-0.4, -0.2) is 16.1 Å². The number of hydrogen-bond acceptors (Lipinski definition) is 1. The summed E-state index contributed by atoms with van der Waals surface area (Å²) in [4.78, 5) is 14.4. The van der Waals surface area contributed by atoms with E-state index in [1.807, 2.05) is 54.6 Å². The number of rotatable bonds is 5. The lowest BCUT2D eigenvalue weighted by atomic mass is 10.0. The highest BCUT2D eigenvalue weighted by molar-refractivity contribution is 5.95. The van der Waals surface area contributed by atoms with Gasteiger partial charge in [0.1, 0.15) is 0 Å². The number of aryl methyl sites for hydroxylation is 1. The molecule has 0 aliphatic carbocycles. The maximum atomic E-state index is 11.0. The molecular formula is C19H17NO2. The smallest absolute Gasteiger partial charge is 0.303 e. The van der Waals surface area contributed by atoms with Crippen LogP contribution in [-0.2, 0) is 11.2 Å². The van der Waals surface area contributed by atoms with Crippen molar-refractivity contribution in [2.45, 2.75) is 12.8 Å². The van der Waals surface area contributed by atoms with E-state index in [4.69, 9.17) is 5.11 Å². The van der Waals surface area contributed by atoms with Crippen molar-refractivity contribution in [2.75, 3.05) is 0 Å². The molecule has 0 atom stereocenters. The van der Waals surface area contributed by atoms with E-state index in [1.54, 1.807) is 0 Å². The summed E-state index contributed by atoms with van der Waals surface area (Å²) in [5.74, 6) is -0.784. The van der Waals surface area contributed by atoms with Gasteiger partial charge in [-0.15, -0.1) is 0 Å². The van der Waals surface area contributed by atoms with Crippen molar-refractivity contribution in [1.29, 1.82) is 0 Å². The summed E-state index contributed by atoms with van der Waals surface area (Å²) >= 11 is 0. The van der Waals surface area contributed by atoms with Crippen molar-refractivity contribution in [3.05, 3.63) is 66.2 Å². The first kappa shape index (κ1) is 14.1. The SMILES string of the molecule is C=Cc1cccc2c(CCC(=O)O)c(-c3ccccc3)[nH]c12. The van der Waals surface area contributed by atoms with Gasteiger partial charge in [-0.25, -0.2) is 0 Å². The van der Waals surface area contributed by atoms with Gasteiger partial charge in [0.25, 0.3) is 0 Å². The van der Waals surface area contributed by atoms with Crippen LogP contribution in [0.25, 0.3) is 28.2 Å². The second-order valence-corrected chi connectivity index (χ2v) is 5.21. The van der Waals surface area contributed by atoms with Crippen molar-refractivity contribution >= 4 is 22.9 Å². The average molecular weight is 291 g/mol. The lowest BCUT2D eigenvalue weighted by Gasteiger charge is -2.03. The van der Waals surface area contributed by atoms with Gasteiger partial charge in [-0.1, -0.05) is 61.2 Å². The molecule has 3 aromatic rings. The Morgan fingerprint density at radius 3 is 2.59 bits per heavy atom. The van der Waals surface area contributed by atoms with Gasteiger partial charge in [-0.2, -0.15) is 0 Å². The number of aliphatic carboxylic acids is 1. The van der Waals surface area contributed by atoms with Crippen molar-refractivity contribution < 1.29 is 9.90 Å². The van der Waals surface area contributed by atoms with E-state index in [0.717, 1.165) is 33.3 Å². The average Bonchev–Trinajstić information content (AvgIpc) is 2.92. The van der Waals surface area contributed by atoms with E-state index in [-0.39, 0.29) is 6.42 Å². The molecule has 0 radical (unpaired) electrons. The van der Waals surface area contributed by atoms with Crippen molar-refractivity contribution in [1.82, 2.24) is 4.98 Å². The van der Waals surface area contributed by atoms with Crippen molar-refractivity contribution in [3.63, 3.8) is 0 Å². The largest absolute Gasteiger partial charge is 0.481 e. The van der Waals surface area contributed by atoms with E-state index in [0.29, 0.717) is 6.42 Å². The molecule has 0 unspecified atom stereocenters. The Bertz CT molecular complexity index is 831. The molecule has 3 nitrogen and oxygen atoms in total. The number of H-pyrrole nitrogens is 1. The number of nitrogens with one attached hydrogen (secondary N) is 1. The molecule has 2 N–H and O–H groups in total. The number of para-hydroxylation sites is 1. The summed E-state index contributed by atoms with van der Waals surface area (Å²) in [6.07, 6.45) is 2.43. The van der Waals surface area contributed by atoms with Gasteiger partial charge in [0, 0.05) is 17.5 Å². The van der Waals surface area contributed by atoms with E-state index in [9.17, 15) is 4.79 Å². The number of carbonyl (C=O) groups is 1. The molecule has 0 bridgehead atoms. The summed E-state index contributed by atoms with van der Waals surface area (Å²) in [6.45, 7) is 3.85. The first-order valence-corrected chi connectivity index (χ1v) is 7.24. The topological polar surface area (TPSA) is 53.1 Å². The molecule has 0 spiro atoms. The third-order valence-corrected chi connectivity index (χ3v) is 3.84. The molecule has 0 saturated carbocycles. The number of carboxylic acid groups (broad SMARTS) is 1. The van der Waals surface area contributed by atoms with E-state index >= 15 is 0 Å². The fourth-order valence-electron chi connectivity index (χ4n) is 2.81. The minimum absolute atomic E-state index is 0.116. The Morgan fingerprint density at radius 1 is 1.14 bits per heavy atom. The second-order valence-electron chi connectivity index (χ2n) is 5.21. The molecule has 0 aliphatic heterocycles. The van der Waals surface area contributed by atoms with Gasteiger partial charge in [0.05, 0.1) is 5.52 Å². The fraction of sp³-hybridized carbons (Fsp3) is 0.105. The molecule has 22 heavy (non-hydrogen) atoms. The van der Waals surface area contributed by atoms with Crippen molar-refractivity contribution in [2.24, 2.45) is 0 Å². The highest BCUT2D eigenvalue weighted by atomic mass is 16.4. The van der Waals surface area contributed by atoms with Crippen LogP contribution in [0.2, 0.25) is 0 Å². The van der Waals surface area contributed by atoms with Gasteiger partial charge in [0.15, 0.2) is 0 Å². The van der Waals surface area contributed by atoms with Crippen LogP contribution in [0, 0.1) is 0 Å². The standard InChI is InChI=1S/C19H17NO2/c1-2-13-9-6-10-15-16(11-12-17(21)22)19(20-18(13)15)14-7-4-3-5-8-14/h2-10,20H,1,11-12H2,(H,21,22). The molecular weight excluding hydrogens is 274 g/mol. The molecule has 0 saturated heterocycles. The zero-order valence-electron chi connectivity index (χ0n) is 12.2. The highest BCUT2D eigenvalue weighted by Crippen LogP contribution is 2.33. The molecule has 110 valence electrons. The van der Waals surface area contributed by atoms with Gasteiger partial charge >= 0.3 is 5.97 Å². The first-order valence-electron chi connectivity index (χ1n) is 7.24. The normalized spacial score (nSPS) is 10.7. The van der Waals surface area contributed by atoms with Crippen LogP contribution in [0.5, 0.6) is 0 Å². The van der Waals surface area contributed by atoms with Gasteiger partial charge < -0.3 is 10.1 Å². The molecule has 0 aliphatic rings. The lowest BCUT2D eigenvalue weighted by Crippen LogP contribution is -1.98. The van der Waals surface area contributed by atoms with Crippen LogP contribution in [0.15, 0.2) is 55.1 Å². The van der Waals surface area contributed by atoms with E-state index < -0.39 is 5.97 Å². The molecule has 1 aromatic heterocycles. The predicted molar refractivity (Wildman–Crippen MR) is 89.8 cm³/mol. The number of aromatic amines is 1. The summed E-state index contributed by atoms with van der Waals surface area (Å²) in [5, 5.41) is 10.1. The number of benzene rings is 2. The minimum atomic E-state index is -0.784. The number of fused-ring (bicyclic) bond motifs is 1. The lowest BCUT2D eigenvalue weighted by molar-refractivity contribution is -0.136. The minimum Gasteiger partial charge on any atom is -0.481 e. The Hall–Kier alpha value is -2.81.